The van der Waals surface area contributed by atoms with Gasteiger partial charge in [0.25, 0.3) is 0 Å². The number of rotatable bonds is 2. The second-order valence-electron chi connectivity index (χ2n) is 2.22. The van der Waals surface area contributed by atoms with E-state index in [1.54, 1.807) is 17.4 Å². The molecule has 0 aliphatic rings. The Hall–Kier alpha value is -0.610. The topological polar surface area (TPSA) is 37.3 Å². The molecule has 0 aliphatic carbocycles. The number of aryl methyl sites for hydroxylation is 1. The molecular formula is C8H7BrO2S. The molecule has 0 amide bonds. The first kappa shape index (κ1) is 9.48. The molecule has 1 rings (SSSR count). The maximum absolute atomic E-state index is 10.2. The van der Waals surface area contributed by atoms with Gasteiger partial charge in [0.15, 0.2) is 0 Å². The van der Waals surface area contributed by atoms with Crippen LogP contribution in [0.3, 0.4) is 0 Å². The fourth-order valence-electron chi connectivity index (χ4n) is 0.717. The molecule has 4 heteroatoms. The fourth-order valence-corrected chi connectivity index (χ4v) is 2.18. The Labute approximate surface area is 82.7 Å². The first-order chi connectivity index (χ1) is 5.59. The van der Waals surface area contributed by atoms with Gasteiger partial charge >= 0.3 is 5.97 Å². The van der Waals surface area contributed by atoms with Gasteiger partial charge in [0.05, 0.1) is 0 Å². The lowest BCUT2D eigenvalue weighted by molar-refractivity contribution is -0.131. The van der Waals surface area contributed by atoms with E-state index in [9.17, 15) is 4.79 Å². The Kier molecular flexibility index (Phi) is 3.05. The van der Waals surface area contributed by atoms with Gasteiger partial charge in [0.1, 0.15) is 0 Å². The van der Waals surface area contributed by atoms with E-state index in [-0.39, 0.29) is 0 Å². The van der Waals surface area contributed by atoms with Gasteiger partial charge in [-0.25, -0.2) is 4.79 Å². The summed E-state index contributed by atoms with van der Waals surface area (Å²) in [5, 5.41) is 8.36. The second-order valence-corrected chi connectivity index (χ2v) is 4.37. The molecule has 1 N–H and O–H groups in total. The molecular weight excluding hydrogens is 240 g/mol. The van der Waals surface area contributed by atoms with Gasteiger partial charge < -0.3 is 5.11 Å². The van der Waals surface area contributed by atoms with Crippen LogP contribution in [0.15, 0.2) is 16.6 Å². The normalized spacial score (nSPS) is 10.8. The molecule has 0 aliphatic heterocycles. The van der Waals surface area contributed by atoms with Crippen molar-refractivity contribution in [3.8, 4) is 0 Å². The second kappa shape index (κ2) is 3.87. The highest BCUT2D eigenvalue weighted by Crippen LogP contribution is 2.26. The summed E-state index contributed by atoms with van der Waals surface area (Å²) in [6, 6.07) is 1.90. The lowest BCUT2D eigenvalue weighted by Crippen LogP contribution is -1.84. The quantitative estimate of drug-likeness (QED) is 0.816. The van der Waals surface area contributed by atoms with E-state index in [0.29, 0.717) is 0 Å². The summed E-state index contributed by atoms with van der Waals surface area (Å²) >= 11 is 4.91. The van der Waals surface area contributed by atoms with Crippen molar-refractivity contribution >= 4 is 39.3 Å². The largest absolute Gasteiger partial charge is 0.478 e. The molecule has 0 radical (unpaired) electrons. The number of carboxylic acid groups (broad SMARTS) is 1. The standard InChI is InChI=1S/C8H7BrO2S/c1-5-7(9)4-6(12-5)2-3-8(10)11/h2-4H,1H3,(H,10,11). The molecule has 12 heavy (non-hydrogen) atoms. The van der Waals surface area contributed by atoms with Crippen LogP contribution in [-0.2, 0) is 4.79 Å². The maximum atomic E-state index is 10.2. The van der Waals surface area contributed by atoms with Crippen molar-refractivity contribution in [1.29, 1.82) is 0 Å². The van der Waals surface area contributed by atoms with E-state index in [1.165, 1.54) is 0 Å². The molecule has 0 fully saturated rings. The summed E-state index contributed by atoms with van der Waals surface area (Å²) in [5.41, 5.74) is 0. The summed E-state index contributed by atoms with van der Waals surface area (Å²) in [5.74, 6) is -0.919. The highest BCUT2D eigenvalue weighted by Gasteiger charge is 1.99. The van der Waals surface area contributed by atoms with Gasteiger partial charge in [0.2, 0.25) is 0 Å². The predicted molar refractivity (Wildman–Crippen MR) is 53.4 cm³/mol. The monoisotopic (exact) mass is 246 g/mol. The van der Waals surface area contributed by atoms with Crippen LogP contribution in [0.5, 0.6) is 0 Å². The van der Waals surface area contributed by atoms with Crippen LogP contribution >= 0.6 is 27.3 Å². The number of carbonyl (C=O) groups is 1. The number of thiophene rings is 1. The molecule has 0 bridgehead atoms. The first-order valence-corrected chi connectivity index (χ1v) is 4.87. The molecule has 2 nitrogen and oxygen atoms in total. The Morgan fingerprint density at radius 3 is 2.83 bits per heavy atom. The molecule has 0 saturated heterocycles. The molecule has 0 spiro atoms. The van der Waals surface area contributed by atoms with Gasteiger partial charge in [-0.05, 0) is 35.0 Å². The Morgan fingerprint density at radius 2 is 2.42 bits per heavy atom. The van der Waals surface area contributed by atoms with E-state index >= 15 is 0 Å². The van der Waals surface area contributed by atoms with Crippen molar-refractivity contribution in [2.24, 2.45) is 0 Å². The molecule has 64 valence electrons. The third-order valence-electron chi connectivity index (χ3n) is 1.27. The predicted octanol–water partition coefficient (Wildman–Crippen LogP) is 2.92. The SMILES string of the molecule is Cc1sc(C=CC(=O)O)cc1Br. The van der Waals surface area contributed by atoms with Crippen molar-refractivity contribution in [2.45, 2.75) is 6.92 Å². The number of hydrogen-bond donors (Lipinski definition) is 1. The zero-order chi connectivity index (χ0) is 9.14. The first-order valence-electron chi connectivity index (χ1n) is 3.26. The van der Waals surface area contributed by atoms with Gasteiger partial charge in [-0.15, -0.1) is 11.3 Å². The van der Waals surface area contributed by atoms with Crippen LogP contribution in [0.4, 0.5) is 0 Å². The average Bonchev–Trinajstić information content (AvgIpc) is 2.28. The van der Waals surface area contributed by atoms with Crippen LogP contribution < -0.4 is 0 Å². The van der Waals surface area contributed by atoms with Gasteiger partial charge in [0, 0.05) is 20.3 Å². The molecule has 0 unspecified atom stereocenters. The zero-order valence-corrected chi connectivity index (χ0v) is 8.78. The van der Waals surface area contributed by atoms with E-state index < -0.39 is 5.97 Å². The van der Waals surface area contributed by atoms with Gasteiger partial charge in [-0.3, -0.25) is 0 Å². The summed E-state index contributed by atoms with van der Waals surface area (Å²) in [6.07, 6.45) is 2.72. The average molecular weight is 247 g/mol. The van der Waals surface area contributed by atoms with Crippen molar-refractivity contribution in [2.75, 3.05) is 0 Å². The Bertz CT molecular complexity index is 308. The van der Waals surface area contributed by atoms with Crippen molar-refractivity contribution in [1.82, 2.24) is 0 Å². The highest BCUT2D eigenvalue weighted by molar-refractivity contribution is 9.10. The minimum atomic E-state index is -0.919. The summed E-state index contributed by atoms with van der Waals surface area (Å²) in [7, 11) is 0. The van der Waals surface area contributed by atoms with Crippen molar-refractivity contribution in [3.63, 3.8) is 0 Å². The number of carboxylic acids is 1. The molecule has 1 aromatic rings. The van der Waals surface area contributed by atoms with Gasteiger partial charge in [-0.2, -0.15) is 0 Å². The third-order valence-corrected chi connectivity index (χ3v) is 3.37. The Balaban J connectivity index is 2.83. The van der Waals surface area contributed by atoms with Gasteiger partial charge in [-0.1, -0.05) is 0 Å². The molecule has 1 aromatic heterocycles. The summed E-state index contributed by atoms with van der Waals surface area (Å²) < 4.78 is 1.03. The van der Waals surface area contributed by atoms with Crippen LogP contribution in [0, 0.1) is 6.92 Å². The van der Waals surface area contributed by atoms with E-state index in [0.717, 1.165) is 20.3 Å². The maximum Gasteiger partial charge on any atom is 0.328 e. The third kappa shape index (κ3) is 2.46. The van der Waals surface area contributed by atoms with E-state index in [2.05, 4.69) is 15.9 Å². The molecule has 0 atom stereocenters. The molecule has 1 heterocycles. The van der Waals surface area contributed by atoms with Crippen LogP contribution in [-0.4, -0.2) is 11.1 Å². The number of hydrogen-bond acceptors (Lipinski definition) is 2. The minimum Gasteiger partial charge on any atom is -0.478 e. The smallest absolute Gasteiger partial charge is 0.328 e. The minimum absolute atomic E-state index is 0.919. The molecule has 0 aromatic carbocycles. The van der Waals surface area contributed by atoms with E-state index in [1.807, 2.05) is 13.0 Å². The van der Waals surface area contributed by atoms with Crippen LogP contribution in [0.25, 0.3) is 6.08 Å². The fraction of sp³-hybridized carbons (Fsp3) is 0.125. The molecule has 0 saturated carbocycles. The number of halogens is 1. The Morgan fingerprint density at radius 1 is 1.75 bits per heavy atom. The lowest BCUT2D eigenvalue weighted by Gasteiger charge is -1.79. The van der Waals surface area contributed by atoms with Crippen molar-refractivity contribution in [3.05, 3.63) is 26.4 Å². The van der Waals surface area contributed by atoms with Crippen LogP contribution in [0.1, 0.15) is 9.75 Å². The summed E-state index contributed by atoms with van der Waals surface area (Å²) in [6.45, 7) is 1.98. The lowest BCUT2D eigenvalue weighted by atomic mass is 10.4. The zero-order valence-electron chi connectivity index (χ0n) is 6.37. The van der Waals surface area contributed by atoms with Crippen LogP contribution in [0.2, 0.25) is 0 Å². The number of aliphatic carboxylic acids is 1. The highest BCUT2D eigenvalue weighted by atomic mass is 79.9. The van der Waals surface area contributed by atoms with Crippen molar-refractivity contribution < 1.29 is 9.90 Å². The summed E-state index contributed by atoms with van der Waals surface area (Å²) in [4.78, 5) is 12.3. The van der Waals surface area contributed by atoms with E-state index in [4.69, 9.17) is 5.11 Å².